The molecule has 2 aromatic rings. The summed E-state index contributed by atoms with van der Waals surface area (Å²) in [5.41, 5.74) is 3.62. The maximum atomic E-state index is 4.31. The van der Waals surface area contributed by atoms with Crippen LogP contribution in [0.25, 0.3) is 0 Å². The molecule has 0 bridgehead atoms. The van der Waals surface area contributed by atoms with Crippen LogP contribution in [0, 0.1) is 6.92 Å². The summed E-state index contributed by atoms with van der Waals surface area (Å²) in [6.07, 6.45) is 1.84. The lowest BCUT2D eigenvalue weighted by molar-refractivity contribution is 0.570. The molecule has 1 aromatic carbocycles. The summed E-state index contributed by atoms with van der Waals surface area (Å²) < 4.78 is 4.08. The van der Waals surface area contributed by atoms with Crippen molar-refractivity contribution in [2.24, 2.45) is 7.05 Å². The highest BCUT2D eigenvalue weighted by molar-refractivity contribution is 9.10. The fourth-order valence-corrected chi connectivity index (χ4v) is 2.99. The first-order valence-electron chi connectivity index (χ1n) is 6.21. The molecule has 1 atom stereocenters. The predicted octanol–water partition coefficient (Wildman–Crippen LogP) is 3.95. The van der Waals surface area contributed by atoms with Crippen LogP contribution >= 0.6 is 31.9 Å². The molecule has 0 saturated carbocycles. The lowest BCUT2D eigenvalue weighted by atomic mass is 10.0. The third-order valence-corrected chi connectivity index (χ3v) is 4.64. The molecule has 0 aliphatic carbocycles. The number of aryl methyl sites for hydroxylation is 2. The van der Waals surface area contributed by atoms with Crippen molar-refractivity contribution < 1.29 is 0 Å². The predicted molar refractivity (Wildman–Crippen MR) is 85.3 cm³/mol. The minimum Gasteiger partial charge on any atom is -0.305 e. The first-order chi connectivity index (χ1) is 9.04. The van der Waals surface area contributed by atoms with E-state index in [1.54, 1.807) is 0 Å². The molecule has 1 aromatic heterocycles. The number of hydrogen-bond acceptors (Lipinski definition) is 2. The molecule has 1 heterocycles. The molecule has 0 amide bonds. The highest BCUT2D eigenvalue weighted by Crippen LogP contribution is 2.30. The van der Waals surface area contributed by atoms with Crippen molar-refractivity contribution in [3.8, 4) is 0 Å². The summed E-state index contributed by atoms with van der Waals surface area (Å²) in [6, 6.07) is 6.58. The van der Waals surface area contributed by atoms with Crippen LogP contribution in [0.2, 0.25) is 0 Å². The van der Waals surface area contributed by atoms with Crippen molar-refractivity contribution in [1.29, 1.82) is 0 Å². The maximum absolute atomic E-state index is 4.31. The number of benzene rings is 1. The van der Waals surface area contributed by atoms with Gasteiger partial charge < -0.3 is 5.32 Å². The number of hydrogen-bond donors (Lipinski definition) is 1. The van der Waals surface area contributed by atoms with E-state index in [-0.39, 0.29) is 6.04 Å². The molecule has 1 N–H and O–H groups in total. The highest BCUT2D eigenvalue weighted by atomic mass is 79.9. The fraction of sp³-hybridized carbons (Fsp3) is 0.357. The SMILES string of the molecule is CCNC(c1ccc(Br)c(C)c1)c1c(Br)cnn1C. The number of nitrogens with one attached hydrogen (secondary N) is 1. The van der Waals surface area contributed by atoms with E-state index in [4.69, 9.17) is 0 Å². The smallest absolute Gasteiger partial charge is 0.0759 e. The Labute approximate surface area is 130 Å². The minimum absolute atomic E-state index is 0.138. The van der Waals surface area contributed by atoms with Gasteiger partial charge in [0.1, 0.15) is 0 Å². The average Bonchev–Trinajstić information content (AvgIpc) is 2.70. The van der Waals surface area contributed by atoms with E-state index in [1.165, 1.54) is 11.1 Å². The lowest BCUT2D eigenvalue weighted by Gasteiger charge is -2.20. The van der Waals surface area contributed by atoms with Gasteiger partial charge in [0.2, 0.25) is 0 Å². The van der Waals surface area contributed by atoms with Gasteiger partial charge in [0.15, 0.2) is 0 Å². The van der Waals surface area contributed by atoms with Crippen LogP contribution < -0.4 is 5.32 Å². The molecule has 2 rings (SSSR count). The van der Waals surface area contributed by atoms with Gasteiger partial charge in [-0.1, -0.05) is 35.0 Å². The Balaban J connectivity index is 2.48. The fourth-order valence-electron chi connectivity index (χ4n) is 2.17. The summed E-state index contributed by atoms with van der Waals surface area (Å²) >= 11 is 7.13. The summed E-state index contributed by atoms with van der Waals surface area (Å²) in [6.45, 7) is 5.12. The monoisotopic (exact) mass is 385 g/mol. The van der Waals surface area contributed by atoms with Gasteiger partial charge >= 0.3 is 0 Å². The van der Waals surface area contributed by atoms with Gasteiger partial charge in [-0.3, -0.25) is 4.68 Å². The van der Waals surface area contributed by atoms with Crippen LogP contribution in [-0.4, -0.2) is 16.3 Å². The third kappa shape index (κ3) is 3.09. The van der Waals surface area contributed by atoms with Crippen molar-refractivity contribution in [3.63, 3.8) is 0 Å². The Bertz CT molecular complexity index is 559. The van der Waals surface area contributed by atoms with Crippen molar-refractivity contribution in [3.05, 3.63) is 50.2 Å². The molecule has 19 heavy (non-hydrogen) atoms. The number of halogens is 2. The molecule has 0 spiro atoms. The van der Waals surface area contributed by atoms with E-state index in [0.29, 0.717) is 0 Å². The zero-order valence-corrected chi connectivity index (χ0v) is 14.4. The second-order valence-corrected chi connectivity index (χ2v) is 6.21. The van der Waals surface area contributed by atoms with E-state index in [2.05, 4.69) is 74.3 Å². The second-order valence-electron chi connectivity index (χ2n) is 4.50. The van der Waals surface area contributed by atoms with Crippen molar-refractivity contribution in [2.45, 2.75) is 19.9 Å². The molecule has 0 fully saturated rings. The van der Waals surface area contributed by atoms with Crippen molar-refractivity contribution in [2.75, 3.05) is 6.54 Å². The summed E-state index contributed by atoms with van der Waals surface area (Å²) in [5, 5.41) is 7.83. The molecule has 0 aliphatic heterocycles. The van der Waals surface area contributed by atoms with Crippen LogP contribution in [-0.2, 0) is 7.05 Å². The minimum atomic E-state index is 0.138. The largest absolute Gasteiger partial charge is 0.305 e. The van der Waals surface area contributed by atoms with Gasteiger partial charge in [-0.05, 0) is 46.6 Å². The van der Waals surface area contributed by atoms with Crippen LogP contribution in [0.1, 0.15) is 29.8 Å². The molecule has 0 saturated heterocycles. The quantitative estimate of drug-likeness (QED) is 0.861. The third-order valence-electron chi connectivity index (χ3n) is 3.13. The average molecular weight is 387 g/mol. The molecule has 3 nitrogen and oxygen atoms in total. The molecule has 102 valence electrons. The standard InChI is InChI=1S/C14H17Br2N3/c1-4-17-13(14-12(16)8-18-19(14)3)10-5-6-11(15)9(2)7-10/h5-8,13,17H,4H2,1-3H3. The second kappa shape index (κ2) is 6.20. The molecular formula is C14H17Br2N3. The van der Waals surface area contributed by atoms with Gasteiger partial charge in [-0.15, -0.1) is 0 Å². The molecule has 5 heteroatoms. The first kappa shape index (κ1) is 14.8. The highest BCUT2D eigenvalue weighted by Gasteiger charge is 2.20. The van der Waals surface area contributed by atoms with E-state index < -0.39 is 0 Å². The van der Waals surface area contributed by atoms with E-state index in [9.17, 15) is 0 Å². The van der Waals surface area contributed by atoms with E-state index >= 15 is 0 Å². The topological polar surface area (TPSA) is 29.9 Å². The van der Waals surface area contributed by atoms with Gasteiger partial charge in [0, 0.05) is 11.5 Å². The van der Waals surface area contributed by atoms with Gasteiger partial charge in [-0.2, -0.15) is 5.10 Å². The zero-order chi connectivity index (χ0) is 14.0. The molecule has 0 aliphatic rings. The van der Waals surface area contributed by atoms with Gasteiger partial charge in [0.05, 0.1) is 22.4 Å². The van der Waals surface area contributed by atoms with Crippen LogP contribution in [0.5, 0.6) is 0 Å². The lowest BCUT2D eigenvalue weighted by Crippen LogP contribution is -2.24. The summed E-state index contributed by atoms with van der Waals surface area (Å²) in [5.74, 6) is 0. The Morgan fingerprint density at radius 2 is 2.05 bits per heavy atom. The summed E-state index contributed by atoms with van der Waals surface area (Å²) in [4.78, 5) is 0. The summed E-state index contributed by atoms with van der Waals surface area (Å²) in [7, 11) is 1.97. The van der Waals surface area contributed by atoms with Crippen LogP contribution in [0.15, 0.2) is 33.3 Å². The van der Waals surface area contributed by atoms with E-state index in [0.717, 1.165) is 21.2 Å². The Morgan fingerprint density at radius 3 is 2.58 bits per heavy atom. The molecular weight excluding hydrogens is 370 g/mol. The Hall–Kier alpha value is -0.650. The number of nitrogens with zero attached hydrogens (tertiary/aromatic N) is 2. The maximum Gasteiger partial charge on any atom is 0.0759 e. The van der Waals surface area contributed by atoms with Gasteiger partial charge in [0.25, 0.3) is 0 Å². The Morgan fingerprint density at radius 1 is 1.32 bits per heavy atom. The zero-order valence-electron chi connectivity index (χ0n) is 11.2. The molecule has 1 unspecified atom stereocenters. The first-order valence-corrected chi connectivity index (χ1v) is 7.80. The van der Waals surface area contributed by atoms with Crippen LogP contribution in [0.3, 0.4) is 0 Å². The molecule has 0 radical (unpaired) electrons. The van der Waals surface area contributed by atoms with Crippen molar-refractivity contribution >= 4 is 31.9 Å². The number of aromatic nitrogens is 2. The van der Waals surface area contributed by atoms with Crippen LogP contribution in [0.4, 0.5) is 0 Å². The van der Waals surface area contributed by atoms with E-state index in [1.807, 2.05) is 17.9 Å². The normalized spacial score (nSPS) is 12.7. The van der Waals surface area contributed by atoms with Gasteiger partial charge in [-0.25, -0.2) is 0 Å². The van der Waals surface area contributed by atoms with Crippen molar-refractivity contribution in [1.82, 2.24) is 15.1 Å². The Kier molecular flexibility index (Phi) is 4.81. The number of rotatable bonds is 4.